The minimum Gasteiger partial charge on any atom is -0.459 e. The van der Waals surface area contributed by atoms with Crippen molar-refractivity contribution in [1.82, 2.24) is 5.32 Å². The monoisotopic (exact) mass is 376 g/mol. The van der Waals surface area contributed by atoms with Gasteiger partial charge in [-0.2, -0.15) is 0 Å². The minimum absolute atomic E-state index is 0.0736. The lowest BCUT2D eigenvalue weighted by Gasteiger charge is -2.18. The average molecular weight is 376 g/mol. The Balaban J connectivity index is 1.76. The second kappa shape index (κ2) is 8.57. The van der Waals surface area contributed by atoms with E-state index in [0.29, 0.717) is 11.3 Å². The minimum atomic E-state index is -0.350. The van der Waals surface area contributed by atoms with E-state index in [1.54, 1.807) is 24.3 Å². The molecule has 0 radical (unpaired) electrons. The molecule has 3 rings (SSSR count). The molecule has 0 bridgehead atoms. The van der Waals surface area contributed by atoms with E-state index in [9.17, 15) is 9.59 Å². The van der Waals surface area contributed by atoms with Crippen molar-refractivity contribution in [3.05, 3.63) is 88.9 Å². The normalized spacial score (nSPS) is 11.7. The van der Waals surface area contributed by atoms with Gasteiger partial charge in [-0.05, 0) is 55.7 Å². The Bertz CT molecular complexity index is 960. The molecule has 1 unspecified atom stereocenters. The van der Waals surface area contributed by atoms with E-state index in [4.69, 9.17) is 4.42 Å². The van der Waals surface area contributed by atoms with Gasteiger partial charge in [0.15, 0.2) is 5.76 Å². The highest BCUT2D eigenvalue weighted by Crippen LogP contribution is 2.21. The summed E-state index contributed by atoms with van der Waals surface area (Å²) in [4.78, 5) is 25.0. The van der Waals surface area contributed by atoms with Crippen LogP contribution in [0.3, 0.4) is 0 Å². The number of aryl methyl sites for hydroxylation is 2. The number of nitrogens with one attached hydrogen (secondary N) is 2. The molecule has 28 heavy (non-hydrogen) atoms. The third-order valence-corrected chi connectivity index (χ3v) is 4.69. The molecule has 5 heteroatoms. The summed E-state index contributed by atoms with van der Waals surface area (Å²) in [6, 6.07) is 16.6. The number of benzene rings is 2. The Kier molecular flexibility index (Phi) is 5.94. The third kappa shape index (κ3) is 4.49. The van der Waals surface area contributed by atoms with Gasteiger partial charge < -0.3 is 15.1 Å². The molecule has 1 aromatic heterocycles. The first-order chi connectivity index (χ1) is 13.5. The summed E-state index contributed by atoms with van der Waals surface area (Å²) in [5.41, 5.74) is 4.19. The van der Waals surface area contributed by atoms with Crippen molar-refractivity contribution in [1.29, 1.82) is 0 Å². The Morgan fingerprint density at radius 3 is 2.39 bits per heavy atom. The van der Waals surface area contributed by atoms with Crippen molar-refractivity contribution < 1.29 is 14.0 Å². The van der Waals surface area contributed by atoms with Crippen molar-refractivity contribution in [3.63, 3.8) is 0 Å². The number of carbonyl (C=O) groups excluding carboxylic acids is 2. The molecule has 0 aliphatic heterocycles. The summed E-state index contributed by atoms with van der Waals surface area (Å²) in [6.45, 7) is 5.95. The second-order valence-corrected chi connectivity index (χ2v) is 6.81. The molecule has 0 aliphatic carbocycles. The lowest BCUT2D eigenvalue weighted by Crippen LogP contribution is -2.28. The zero-order valence-corrected chi connectivity index (χ0v) is 16.3. The van der Waals surface area contributed by atoms with Crippen molar-refractivity contribution in [2.24, 2.45) is 0 Å². The Hall–Kier alpha value is -3.34. The number of carbonyl (C=O) groups is 2. The number of furan rings is 1. The fourth-order valence-corrected chi connectivity index (χ4v) is 2.95. The van der Waals surface area contributed by atoms with Crippen LogP contribution in [-0.4, -0.2) is 11.8 Å². The molecule has 2 amide bonds. The smallest absolute Gasteiger partial charge is 0.291 e. The van der Waals surface area contributed by atoms with Gasteiger partial charge in [-0.15, -0.1) is 0 Å². The SMILES string of the molecule is CCC(NC(=O)c1ccc(C)c(NC(=O)c2ccco2)c1)c1ccc(C)cc1. The third-order valence-electron chi connectivity index (χ3n) is 4.69. The Morgan fingerprint density at radius 2 is 1.75 bits per heavy atom. The molecule has 2 aromatic carbocycles. The number of rotatable bonds is 6. The maximum absolute atomic E-state index is 12.8. The maximum Gasteiger partial charge on any atom is 0.291 e. The fourth-order valence-electron chi connectivity index (χ4n) is 2.95. The van der Waals surface area contributed by atoms with Crippen molar-refractivity contribution in [3.8, 4) is 0 Å². The molecule has 3 aromatic rings. The predicted molar refractivity (Wildman–Crippen MR) is 110 cm³/mol. The zero-order valence-electron chi connectivity index (χ0n) is 16.3. The summed E-state index contributed by atoms with van der Waals surface area (Å²) in [5, 5.41) is 5.88. The summed E-state index contributed by atoms with van der Waals surface area (Å²) in [5.74, 6) is -0.308. The van der Waals surface area contributed by atoms with Crippen LogP contribution in [0.5, 0.6) is 0 Å². The van der Waals surface area contributed by atoms with Crippen LogP contribution >= 0.6 is 0 Å². The van der Waals surface area contributed by atoms with E-state index < -0.39 is 0 Å². The summed E-state index contributed by atoms with van der Waals surface area (Å²) in [6.07, 6.45) is 2.23. The van der Waals surface area contributed by atoms with Crippen LogP contribution in [0.1, 0.15) is 57.0 Å². The molecule has 1 atom stereocenters. The van der Waals surface area contributed by atoms with Crippen LogP contribution in [0.4, 0.5) is 5.69 Å². The van der Waals surface area contributed by atoms with Crippen LogP contribution in [0.25, 0.3) is 0 Å². The first kappa shape index (κ1) is 19.4. The molecule has 144 valence electrons. The van der Waals surface area contributed by atoms with Gasteiger partial charge in [0.2, 0.25) is 0 Å². The fraction of sp³-hybridized carbons (Fsp3) is 0.217. The van der Waals surface area contributed by atoms with Crippen LogP contribution in [-0.2, 0) is 0 Å². The quantitative estimate of drug-likeness (QED) is 0.634. The number of anilines is 1. The summed E-state index contributed by atoms with van der Waals surface area (Å²) < 4.78 is 5.12. The van der Waals surface area contributed by atoms with E-state index in [2.05, 4.69) is 10.6 Å². The first-order valence-corrected chi connectivity index (χ1v) is 9.31. The summed E-state index contributed by atoms with van der Waals surface area (Å²) >= 11 is 0. The standard InChI is InChI=1S/C23H24N2O3/c1-4-19(17-10-7-15(2)8-11-17)24-22(26)18-12-9-16(3)20(14-18)25-23(27)21-6-5-13-28-21/h5-14,19H,4H2,1-3H3,(H,24,26)(H,25,27). The molecular formula is C23H24N2O3. The van der Waals surface area contributed by atoms with Gasteiger partial charge in [-0.25, -0.2) is 0 Å². The molecule has 0 saturated heterocycles. The van der Waals surface area contributed by atoms with Gasteiger partial charge in [0.25, 0.3) is 11.8 Å². The van der Waals surface area contributed by atoms with Crippen LogP contribution < -0.4 is 10.6 Å². The van der Waals surface area contributed by atoms with E-state index in [0.717, 1.165) is 17.5 Å². The highest BCUT2D eigenvalue weighted by molar-refractivity contribution is 6.04. The highest BCUT2D eigenvalue weighted by Gasteiger charge is 2.16. The molecular weight excluding hydrogens is 352 g/mol. The van der Waals surface area contributed by atoms with Crippen LogP contribution in [0.2, 0.25) is 0 Å². The lowest BCUT2D eigenvalue weighted by molar-refractivity contribution is 0.0934. The zero-order chi connectivity index (χ0) is 20.1. The molecule has 5 nitrogen and oxygen atoms in total. The molecule has 2 N–H and O–H groups in total. The largest absolute Gasteiger partial charge is 0.459 e. The molecule has 1 heterocycles. The van der Waals surface area contributed by atoms with E-state index in [1.165, 1.54) is 11.8 Å². The van der Waals surface area contributed by atoms with Crippen molar-refractivity contribution in [2.75, 3.05) is 5.32 Å². The van der Waals surface area contributed by atoms with E-state index in [-0.39, 0.29) is 23.6 Å². The highest BCUT2D eigenvalue weighted by atomic mass is 16.3. The predicted octanol–water partition coefficient (Wildman–Crippen LogP) is 5.03. The van der Waals surface area contributed by atoms with Gasteiger partial charge in [0.1, 0.15) is 0 Å². The van der Waals surface area contributed by atoms with E-state index in [1.807, 2.05) is 51.1 Å². The number of hydrogen-bond donors (Lipinski definition) is 2. The molecule has 0 aliphatic rings. The van der Waals surface area contributed by atoms with Crippen LogP contribution in [0.15, 0.2) is 65.3 Å². The second-order valence-electron chi connectivity index (χ2n) is 6.81. The molecule has 0 saturated carbocycles. The van der Waals surface area contributed by atoms with E-state index >= 15 is 0 Å². The van der Waals surface area contributed by atoms with Gasteiger partial charge in [-0.3, -0.25) is 9.59 Å². The number of hydrogen-bond acceptors (Lipinski definition) is 3. The number of amides is 2. The molecule has 0 fully saturated rings. The van der Waals surface area contributed by atoms with Gasteiger partial charge in [-0.1, -0.05) is 42.8 Å². The van der Waals surface area contributed by atoms with Gasteiger partial charge >= 0.3 is 0 Å². The Morgan fingerprint density at radius 1 is 1.00 bits per heavy atom. The van der Waals surface area contributed by atoms with Crippen molar-refractivity contribution in [2.45, 2.75) is 33.2 Å². The van der Waals surface area contributed by atoms with Gasteiger partial charge in [0.05, 0.1) is 12.3 Å². The first-order valence-electron chi connectivity index (χ1n) is 9.31. The van der Waals surface area contributed by atoms with Crippen molar-refractivity contribution >= 4 is 17.5 Å². The van der Waals surface area contributed by atoms with Crippen LogP contribution in [0, 0.1) is 13.8 Å². The lowest BCUT2D eigenvalue weighted by atomic mass is 10.0. The average Bonchev–Trinajstić information content (AvgIpc) is 3.23. The topological polar surface area (TPSA) is 71.3 Å². The Labute approximate surface area is 164 Å². The van der Waals surface area contributed by atoms with Gasteiger partial charge in [0, 0.05) is 11.3 Å². The summed E-state index contributed by atoms with van der Waals surface area (Å²) in [7, 11) is 0. The molecule has 0 spiro atoms. The maximum atomic E-state index is 12.8.